The number of carbonyl (C=O) groups excluding carboxylic acids is 3. The molecule has 1 heterocycles. The molecule has 0 fully saturated rings. The van der Waals surface area contributed by atoms with E-state index in [1.165, 1.54) is 12.0 Å². The highest BCUT2D eigenvalue weighted by Crippen LogP contribution is 2.44. The van der Waals surface area contributed by atoms with Gasteiger partial charge in [-0.1, -0.05) is 0 Å². The van der Waals surface area contributed by atoms with E-state index in [0.717, 1.165) is 4.47 Å². The fourth-order valence-electron chi connectivity index (χ4n) is 3.31. The molecule has 0 saturated carbocycles. The van der Waals surface area contributed by atoms with Gasteiger partial charge in [-0.3, -0.25) is 14.4 Å². The summed E-state index contributed by atoms with van der Waals surface area (Å²) in [7, 11) is 1.52. The van der Waals surface area contributed by atoms with Gasteiger partial charge in [0.15, 0.2) is 0 Å². The highest BCUT2D eigenvalue weighted by atomic mass is 79.9. The van der Waals surface area contributed by atoms with Crippen molar-refractivity contribution in [2.24, 2.45) is 5.73 Å². The van der Waals surface area contributed by atoms with E-state index in [2.05, 4.69) is 15.9 Å². The van der Waals surface area contributed by atoms with Gasteiger partial charge in [0, 0.05) is 17.5 Å². The lowest BCUT2D eigenvalue weighted by molar-refractivity contribution is -0.155. The minimum Gasteiger partial charge on any atom is -0.495 e. The molecule has 1 aliphatic heterocycles. The molecule has 0 aromatic heterocycles. The summed E-state index contributed by atoms with van der Waals surface area (Å²) in [6.45, 7) is 7.11. The minimum atomic E-state index is -0.920. The Kier molecular flexibility index (Phi) is 6.19. The summed E-state index contributed by atoms with van der Waals surface area (Å²) in [5, 5.41) is 0. The molecular formula is C19H25BrN2O5. The first-order chi connectivity index (χ1) is 12.5. The van der Waals surface area contributed by atoms with Crippen LogP contribution in [0.2, 0.25) is 0 Å². The van der Waals surface area contributed by atoms with Crippen LogP contribution in [0.1, 0.15) is 62.5 Å². The number of carbonyl (C=O) groups is 3. The van der Waals surface area contributed by atoms with Crippen LogP contribution < -0.4 is 10.5 Å². The van der Waals surface area contributed by atoms with Crippen molar-refractivity contribution in [3.05, 3.63) is 27.7 Å². The van der Waals surface area contributed by atoms with Gasteiger partial charge < -0.3 is 20.1 Å². The number of hydrogen-bond donors (Lipinski definition) is 1. The van der Waals surface area contributed by atoms with Crippen LogP contribution >= 0.6 is 15.9 Å². The van der Waals surface area contributed by atoms with Crippen molar-refractivity contribution in [2.45, 2.75) is 58.2 Å². The van der Waals surface area contributed by atoms with E-state index in [1.54, 1.807) is 32.9 Å². The summed E-state index contributed by atoms with van der Waals surface area (Å²) < 4.78 is 11.4. The molecule has 0 spiro atoms. The normalized spacial score (nSPS) is 17.5. The standard InChI is InChI=1S/C19H25BrN2O5/c1-10-15-11(6-7-12(20)16(15)26-5)18(25)22(10)13(17(21)24)8-9-14(23)27-19(2,3)4/h6-7,10,13H,8-9H2,1-5H3,(H2,21,24)/t10-,13+/m1/s1. The van der Waals surface area contributed by atoms with Crippen LogP contribution in [-0.2, 0) is 14.3 Å². The number of amides is 2. The monoisotopic (exact) mass is 440 g/mol. The van der Waals surface area contributed by atoms with Crippen molar-refractivity contribution in [2.75, 3.05) is 7.11 Å². The van der Waals surface area contributed by atoms with Crippen molar-refractivity contribution < 1.29 is 23.9 Å². The topological polar surface area (TPSA) is 98.9 Å². The number of benzene rings is 1. The van der Waals surface area contributed by atoms with E-state index in [-0.39, 0.29) is 18.7 Å². The van der Waals surface area contributed by atoms with E-state index < -0.39 is 29.6 Å². The average molecular weight is 441 g/mol. The number of fused-ring (bicyclic) bond motifs is 1. The Morgan fingerprint density at radius 3 is 2.48 bits per heavy atom. The van der Waals surface area contributed by atoms with Crippen molar-refractivity contribution in [1.29, 1.82) is 0 Å². The molecule has 1 aromatic carbocycles. The molecular weight excluding hydrogens is 416 g/mol. The number of halogens is 1. The SMILES string of the molecule is COc1c(Br)ccc2c1[C@@H](C)N([C@@H](CCC(=O)OC(C)(C)C)C(N)=O)C2=O. The Hall–Kier alpha value is -2.09. The first-order valence-corrected chi connectivity index (χ1v) is 9.47. The summed E-state index contributed by atoms with van der Waals surface area (Å²) in [4.78, 5) is 38.5. The largest absolute Gasteiger partial charge is 0.495 e. The van der Waals surface area contributed by atoms with E-state index >= 15 is 0 Å². The molecule has 8 heteroatoms. The zero-order valence-electron chi connectivity index (χ0n) is 16.2. The maximum atomic E-state index is 12.9. The smallest absolute Gasteiger partial charge is 0.306 e. The number of hydrogen-bond acceptors (Lipinski definition) is 5. The first kappa shape index (κ1) is 21.2. The Labute approximate surface area is 167 Å². The summed E-state index contributed by atoms with van der Waals surface area (Å²) in [5.41, 5.74) is 6.10. The Morgan fingerprint density at radius 2 is 1.96 bits per heavy atom. The third-order valence-electron chi connectivity index (χ3n) is 4.36. The van der Waals surface area contributed by atoms with Gasteiger partial charge in [-0.15, -0.1) is 0 Å². The van der Waals surface area contributed by atoms with Crippen LogP contribution in [0.15, 0.2) is 16.6 Å². The maximum Gasteiger partial charge on any atom is 0.306 e. The van der Waals surface area contributed by atoms with E-state index in [1.807, 2.05) is 6.92 Å². The van der Waals surface area contributed by atoms with E-state index in [4.69, 9.17) is 15.2 Å². The summed E-state index contributed by atoms with van der Waals surface area (Å²) in [6, 6.07) is 2.07. The van der Waals surface area contributed by atoms with Gasteiger partial charge in [0.05, 0.1) is 17.6 Å². The second-order valence-corrected chi connectivity index (χ2v) is 8.33. The zero-order valence-corrected chi connectivity index (χ0v) is 17.8. The van der Waals surface area contributed by atoms with Gasteiger partial charge in [0.25, 0.3) is 5.91 Å². The van der Waals surface area contributed by atoms with Crippen molar-refractivity contribution in [3.8, 4) is 5.75 Å². The Bertz CT molecular complexity index is 772. The third kappa shape index (κ3) is 4.43. The van der Waals surface area contributed by atoms with Crippen LogP contribution in [0, 0.1) is 0 Å². The molecule has 7 nitrogen and oxygen atoms in total. The number of ether oxygens (including phenoxy) is 2. The molecule has 0 aliphatic carbocycles. The van der Waals surface area contributed by atoms with Gasteiger partial charge in [-0.2, -0.15) is 0 Å². The zero-order chi connectivity index (χ0) is 20.5. The lowest BCUT2D eigenvalue weighted by Crippen LogP contribution is -2.46. The van der Waals surface area contributed by atoms with Crippen molar-refractivity contribution >= 4 is 33.7 Å². The predicted octanol–water partition coefficient (Wildman–Crippen LogP) is 2.95. The Balaban J connectivity index is 2.27. The molecule has 2 atom stereocenters. The highest BCUT2D eigenvalue weighted by molar-refractivity contribution is 9.10. The second-order valence-electron chi connectivity index (χ2n) is 7.47. The fraction of sp³-hybridized carbons (Fsp3) is 0.526. The van der Waals surface area contributed by atoms with Crippen LogP contribution in [0.4, 0.5) is 0 Å². The molecule has 148 valence electrons. The summed E-state index contributed by atoms with van der Waals surface area (Å²) >= 11 is 3.41. The van der Waals surface area contributed by atoms with Gasteiger partial charge >= 0.3 is 5.97 Å². The van der Waals surface area contributed by atoms with E-state index in [0.29, 0.717) is 16.9 Å². The number of primary amides is 1. The number of nitrogens with two attached hydrogens (primary N) is 1. The first-order valence-electron chi connectivity index (χ1n) is 8.68. The van der Waals surface area contributed by atoms with Crippen molar-refractivity contribution in [1.82, 2.24) is 4.90 Å². The molecule has 0 radical (unpaired) electrons. The molecule has 1 aromatic rings. The predicted molar refractivity (Wildman–Crippen MR) is 103 cm³/mol. The number of methoxy groups -OCH3 is 1. The lowest BCUT2D eigenvalue weighted by atomic mass is 10.0. The van der Waals surface area contributed by atoms with E-state index in [9.17, 15) is 14.4 Å². The molecule has 0 saturated heterocycles. The molecule has 27 heavy (non-hydrogen) atoms. The Morgan fingerprint density at radius 1 is 1.33 bits per heavy atom. The van der Waals surface area contributed by atoms with Gasteiger partial charge in [0.2, 0.25) is 5.91 Å². The molecule has 1 aliphatic rings. The number of rotatable bonds is 6. The summed E-state index contributed by atoms with van der Waals surface area (Å²) in [5.74, 6) is -0.863. The fourth-order valence-corrected chi connectivity index (χ4v) is 3.82. The van der Waals surface area contributed by atoms with Gasteiger partial charge in [-0.25, -0.2) is 0 Å². The number of esters is 1. The van der Waals surface area contributed by atoms with Crippen LogP contribution in [0.5, 0.6) is 5.75 Å². The second kappa shape index (κ2) is 7.88. The van der Waals surface area contributed by atoms with Gasteiger partial charge in [0.1, 0.15) is 17.4 Å². The minimum absolute atomic E-state index is 0.0153. The molecule has 0 bridgehead atoms. The van der Waals surface area contributed by atoms with Crippen LogP contribution in [0.3, 0.4) is 0 Å². The molecule has 2 amide bonds. The quantitative estimate of drug-likeness (QED) is 0.685. The molecule has 2 N–H and O–H groups in total. The van der Waals surface area contributed by atoms with Crippen LogP contribution in [0.25, 0.3) is 0 Å². The highest BCUT2D eigenvalue weighted by Gasteiger charge is 2.42. The lowest BCUT2D eigenvalue weighted by Gasteiger charge is -2.30. The third-order valence-corrected chi connectivity index (χ3v) is 4.98. The maximum absolute atomic E-state index is 12.9. The van der Waals surface area contributed by atoms with Gasteiger partial charge in [-0.05, 0) is 62.2 Å². The average Bonchev–Trinajstić information content (AvgIpc) is 2.78. The van der Waals surface area contributed by atoms with Crippen molar-refractivity contribution in [3.63, 3.8) is 0 Å². The number of nitrogens with zero attached hydrogens (tertiary/aromatic N) is 1. The molecule has 0 unspecified atom stereocenters. The van der Waals surface area contributed by atoms with Crippen LogP contribution in [-0.4, -0.2) is 41.4 Å². The summed E-state index contributed by atoms with van der Waals surface area (Å²) in [6.07, 6.45) is 0.0797. The molecule has 2 rings (SSSR count).